The molecule has 0 atom stereocenters. The fourth-order valence-corrected chi connectivity index (χ4v) is 3.85. The summed E-state index contributed by atoms with van der Waals surface area (Å²) in [7, 11) is 0. The van der Waals surface area contributed by atoms with Gasteiger partial charge in [0.2, 0.25) is 0 Å². The Labute approximate surface area is 125 Å². The number of halogens is 3. The molecule has 1 aromatic rings. The lowest BCUT2D eigenvalue weighted by Gasteiger charge is -2.26. The first-order valence-corrected chi connectivity index (χ1v) is 7.83. The number of fused-ring (bicyclic) bond motifs is 1. The zero-order valence-electron chi connectivity index (χ0n) is 12.0. The predicted octanol–water partition coefficient (Wildman–Crippen LogP) is 3.83. The Kier molecular flexibility index (Phi) is 3.31. The van der Waals surface area contributed by atoms with E-state index in [1.807, 2.05) is 13.8 Å². The molecule has 0 amide bonds. The molecule has 1 fully saturated rings. The van der Waals surface area contributed by atoms with Gasteiger partial charge in [-0.3, -0.25) is 4.79 Å². The van der Waals surface area contributed by atoms with Gasteiger partial charge in [0.1, 0.15) is 6.54 Å². The van der Waals surface area contributed by atoms with Crippen LogP contribution in [0.3, 0.4) is 0 Å². The Bertz CT molecular complexity index is 575. The van der Waals surface area contributed by atoms with E-state index in [1.54, 1.807) is 0 Å². The Morgan fingerprint density at radius 1 is 1.33 bits per heavy atom. The standard InChI is InChI=1S/C14H17F3N2OS/c1-13(2)5-9-11(10(20)6-13)21-12(18-9)19(8-3-4-8)7-14(15,16)17/h8H,3-7H2,1-2H3. The third-order valence-electron chi connectivity index (χ3n) is 3.81. The molecule has 116 valence electrons. The summed E-state index contributed by atoms with van der Waals surface area (Å²) in [6.07, 6.45) is -1.64. The van der Waals surface area contributed by atoms with Gasteiger partial charge in [-0.2, -0.15) is 13.2 Å². The third-order valence-corrected chi connectivity index (χ3v) is 4.98. The number of rotatable bonds is 3. The van der Waals surface area contributed by atoms with Gasteiger partial charge < -0.3 is 4.90 Å². The molecule has 1 saturated carbocycles. The summed E-state index contributed by atoms with van der Waals surface area (Å²) in [6, 6.07) is -0.0812. The van der Waals surface area contributed by atoms with Crippen LogP contribution in [0, 0.1) is 5.41 Å². The fourth-order valence-electron chi connectivity index (χ4n) is 2.76. The molecule has 0 spiro atoms. The van der Waals surface area contributed by atoms with Crippen molar-refractivity contribution in [1.82, 2.24) is 4.98 Å². The fraction of sp³-hybridized carbons (Fsp3) is 0.714. The van der Waals surface area contributed by atoms with Gasteiger partial charge >= 0.3 is 6.18 Å². The molecular weight excluding hydrogens is 301 g/mol. The second-order valence-corrected chi connectivity index (χ2v) is 7.66. The maximum Gasteiger partial charge on any atom is 0.406 e. The van der Waals surface area contributed by atoms with Crippen LogP contribution in [0.4, 0.5) is 18.3 Å². The van der Waals surface area contributed by atoms with Crippen LogP contribution in [0.25, 0.3) is 0 Å². The Balaban J connectivity index is 1.91. The molecule has 1 heterocycles. The quantitative estimate of drug-likeness (QED) is 0.849. The number of thiazole rings is 1. The number of nitrogens with zero attached hydrogens (tertiary/aromatic N) is 2. The topological polar surface area (TPSA) is 33.2 Å². The van der Waals surface area contributed by atoms with E-state index in [4.69, 9.17) is 0 Å². The van der Waals surface area contributed by atoms with Gasteiger partial charge in [-0.25, -0.2) is 4.98 Å². The summed E-state index contributed by atoms with van der Waals surface area (Å²) in [5.41, 5.74) is 0.508. The van der Waals surface area contributed by atoms with Gasteiger partial charge in [-0.05, 0) is 24.7 Å². The van der Waals surface area contributed by atoms with E-state index in [2.05, 4.69) is 4.98 Å². The number of aromatic nitrogens is 1. The van der Waals surface area contributed by atoms with Gasteiger partial charge in [-0.15, -0.1) is 0 Å². The highest BCUT2D eigenvalue weighted by Gasteiger charge is 2.41. The lowest BCUT2D eigenvalue weighted by molar-refractivity contribution is -0.120. The van der Waals surface area contributed by atoms with Gasteiger partial charge in [0.05, 0.1) is 10.6 Å². The average Bonchev–Trinajstić information content (AvgIpc) is 3.04. The van der Waals surface area contributed by atoms with Crippen molar-refractivity contribution in [1.29, 1.82) is 0 Å². The summed E-state index contributed by atoms with van der Waals surface area (Å²) in [4.78, 5) is 18.4. The number of ketones is 1. The number of hydrogen-bond donors (Lipinski definition) is 0. The van der Waals surface area contributed by atoms with E-state index in [0.29, 0.717) is 28.5 Å². The molecule has 0 N–H and O–H groups in total. The average molecular weight is 318 g/mol. The number of anilines is 1. The molecule has 21 heavy (non-hydrogen) atoms. The zero-order valence-corrected chi connectivity index (χ0v) is 12.8. The van der Waals surface area contributed by atoms with Gasteiger partial charge in [-0.1, -0.05) is 25.2 Å². The highest BCUT2D eigenvalue weighted by molar-refractivity contribution is 7.17. The largest absolute Gasteiger partial charge is 0.406 e. The number of Topliss-reactive ketones (excluding diaryl/α,β-unsaturated/α-hetero) is 1. The lowest BCUT2D eigenvalue weighted by atomic mass is 9.78. The van der Waals surface area contributed by atoms with Crippen LogP contribution in [0.1, 0.15) is 48.5 Å². The Morgan fingerprint density at radius 3 is 2.57 bits per heavy atom. The van der Waals surface area contributed by atoms with Crippen molar-refractivity contribution < 1.29 is 18.0 Å². The molecule has 0 aliphatic heterocycles. The van der Waals surface area contributed by atoms with Crippen LogP contribution < -0.4 is 4.90 Å². The van der Waals surface area contributed by atoms with E-state index >= 15 is 0 Å². The molecule has 3 nitrogen and oxygen atoms in total. The Hall–Kier alpha value is -1.11. The van der Waals surface area contributed by atoms with Crippen LogP contribution in [-0.2, 0) is 6.42 Å². The van der Waals surface area contributed by atoms with Crippen molar-refractivity contribution in [2.75, 3.05) is 11.4 Å². The molecule has 2 aliphatic carbocycles. The molecule has 1 aromatic heterocycles. The van der Waals surface area contributed by atoms with Crippen molar-refractivity contribution in [3.05, 3.63) is 10.6 Å². The first-order chi connectivity index (χ1) is 9.65. The Morgan fingerprint density at radius 2 is 2.00 bits per heavy atom. The van der Waals surface area contributed by atoms with Crippen LogP contribution in [0.5, 0.6) is 0 Å². The number of hydrogen-bond acceptors (Lipinski definition) is 4. The minimum atomic E-state index is -4.25. The minimum Gasteiger partial charge on any atom is -0.336 e. The first kappa shape index (κ1) is 14.8. The molecule has 2 aliphatic rings. The number of alkyl halides is 3. The number of carbonyl (C=O) groups is 1. The highest BCUT2D eigenvalue weighted by Crippen LogP contribution is 2.42. The van der Waals surface area contributed by atoms with Gasteiger partial charge in [0.25, 0.3) is 0 Å². The van der Waals surface area contributed by atoms with E-state index in [1.165, 1.54) is 4.90 Å². The molecular formula is C14H17F3N2OS. The van der Waals surface area contributed by atoms with Crippen molar-refractivity contribution in [3.63, 3.8) is 0 Å². The maximum absolute atomic E-state index is 12.7. The summed E-state index contributed by atoms with van der Waals surface area (Å²) in [6.45, 7) is 2.99. The van der Waals surface area contributed by atoms with Crippen molar-refractivity contribution in [3.8, 4) is 0 Å². The number of carbonyl (C=O) groups excluding carboxylic acids is 1. The third kappa shape index (κ3) is 3.22. The van der Waals surface area contributed by atoms with Crippen LogP contribution >= 0.6 is 11.3 Å². The van der Waals surface area contributed by atoms with Gasteiger partial charge in [0.15, 0.2) is 10.9 Å². The maximum atomic E-state index is 12.7. The molecule has 0 bridgehead atoms. The zero-order chi connectivity index (χ0) is 15.4. The van der Waals surface area contributed by atoms with E-state index < -0.39 is 12.7 Å². The minimum absolute atomic E-state index is 0.00718. The van der Waals surface area contributed by atoms with E-state index in [9.17, 15) is 18.0 Å². The molecule has 7 heteroatoms. The predicted molar refractivity (Wildman–Crippen MR) is 75.0 cm³/mol. The second kappa shape index (κ2) is 4.69. The smallest absolute Gasteiger partial charge is 0.336 e. The molecule has 0 radical (unpaired) electrons. The second-order valence-electron chi connectivity index (χ2n) is 6.69. The summed E-state index contributed by atoms with van der Waals surface area (Å²) in [5.74, 6) is 0.00718. The SMILES string of the molecule is CC1(C)CC(=O)c2sc(N(CC(F)(F)F)C3CC3)nc2C1. The molecule has 0 aromatic carbocycles. The van der Waals surface area contributed by atoms with E-state index in [0.717, 1.165) is 24.2 Å². The summed E-state index contributed by atoms with van der Waals surface area (Å²) >= 11 is 1.13. The lowest BCUT2D eigenvalue weighted by Crippen LogP contribution is -2.35. The molecule has 0 unspecified atom stereocenters. The normalized spacial score (nSPS) is 21.3. The van der Waals surface area contributed by atoms with E-state index in [-0.39, 0.29) is 17.2 Å². The summed E-state index contributed by atoms with van der Waals surface area (Å²) < 4.78 is 38.2. The van der Waals surface area contributed by atoms with Crippen LogP contribution in [0.15, 0.2) is 0 Å². The molecule has 3 rings (SSSR count). The van der Waals surface area contributed by atoms with Crippen molar-refractivity contribution in [2.45, 2.75) is 51.7 Å². The van der Waals surface area contributed by atoms with Crippen molar-refractivity contribution in [2.24, 2.45) is 5.41 Å². The highest BCUT2D eigenvalue weighted by atomic mass is 32.1. The monoisotopic (exact) mass is 318 g/mol. The summed E-state index contributed by atoms with van der Waals surface area (Å²) in [5, 5.41) is 0.353. The van der Waals surface area contributed by atoms with Crippen LogP contribution in [0.2, 0.25) is 0 Å². The van der Waals surface area contributed by atoms with Crippen LogP contribution in [-0.4, -0.2) is 29.5 Å². The van der Waals surface area contributed by atoms with Gasteiger partial charge in [0, 0.05) is 12.5 Å². The first-order valence-electron chi connectivity index (χ1n) is 7.01. The molecule has 0 saturated heterocycles. The van der Waals surface area contributed by atoms with Crippen molar-refractivity contribution >= 4 is 22.3 Å².